The minimum absolute atomic E-state index is 0.0452. The average Bonchev–Trinajstić information content (AvgIpc) is 3.44. The van der Waals surface area contributed by atoms with Crippen LogP contribution in [0.3, 0.4) is 0 Å². The summed E-state index contributed by atoms with van der Waals surface area (Å²) in [5.41, 5.74) is 0.737. The van der Waals surface area contributed by atoms with Crippen molar-refractivity contribution in [1.82, 2.24) is 0 Å². The van der Waals surface area contributed by atoms with Crippen molar-refractivity contribution in [3.8, 4) is 11.5 Å². The molecule has 2 heterocycles. The quantitative estimate of drug-likeness (QED) is 0.452. The zero-order chi connectivity index (χ0) is 23.6. The first-order valence-corrected chi connectivity index (χ1v) is 15.2. The molecule has 0 N–H and O–H groups in total. The lowest BCUT2D eigenvalue weighted by Gasteiger charge is -2.27. The van der Waals surface area contributed by atoms with Gasteiger partial charge in [-0.3, -0.25) is 4.79 Å². The molecule has 0 spiro atoms. The zero-order valence-corrected chi connectivity index (χ0v) is 22.3. The molecular formula is C23H31BrN2O5S2. The van der Waals surface area contributed by atoms with E-state index in [9.17, 15) is 13.2 Å². The number of amides is 1. The van der Waals surface area contributed by atoms with E-state index in [-0.39, 0.29) is 28.7 Å². The first-order valence-electron chi connectivity index (χ1n) is 11.7. The molecule has 1 aromatic carbocycles. The number of rotatable bonds is 8. The zero-order valence-electron chi connectivity index (χ0n) is 19.1. The number of nitrogens with zero attached hydrogens (tertiary/aromatic N) is 2. The van der Waals surface area contributed by atoms with Gasteiger partial charge in [0.15, 0.2) is 26.5 Å². The molecule has 3 fully saturated rings. The van der Waals surface area contributed by atoms with Gasteiger partial charge in [0.2, 0.25) is 5.91 Å². The molecule has 0 radical (unpaired) electrons. The maximum atomic E-state index is 12.8. The van der Waals surface area contributed by atoms with Gasteiger partial charge in [0.1, 0.15) is 0 Å². The van der Waals surface area contributed by atoms with Crippen molar-refractivity contribution in [2.75, 3.05) is 29.6 Å². The normalized spacial score (nSPS) is 25.5. The lowest BCUT2D eigenvalue weighted by molar-refractivity contribution is -0.118. The SMILES string of the molecule is CCOc1cc(Br)c(N2C(=NC(=O)CCC3CCCC3)SC3CS(=O)(=O)CC32)cc1OCC. The summed E-state index contributed by atoms with van der Waals surface area (Å²) in [5.74, 6) is 1.83. The summed E-state index contributed by atoms with van der Waals surface area (Å²) >= 11 is 5.03. The second kappa shape index (κ2) is 10.6. The Morgan fingerprint density at radius 1 is 1.15 bits per heavy atom. The summed E-state index contributed by atoms with van der Waals surface area (Å²) in [6.07, 6.45) is 6.22. The fraction of sp³-hybridized carbons (Fsp3) is 0.652. The molecule has 2 atom stereocenters. The van der Waals surface area contributed by atoms with E-state index < -0.39 is 9.84 Å². The molecule has 4 rings (SSSR count). The second-order valence-corrected chi connectivity index (χ2v) is 13.0. The number of sulfone groups is 1. The van der Waals surface area contributed by atoms with Crippen molar-refractivity contribution < 1.29 is 22.7 Å². The van der Waals surface area contributed by atoms with Crippen molar-refractivity contribution in [1.29, 1.82) is 0 Å². The first kappa shape index (κ1) is 24.9. The van der Waals surface area contributed by atoms with Crippen LogP contribution in [0.2, 0.25) is 0 Å². The van der Waals surface area contributed by atoms with Crippen LogP contribution in [0.1, 0.15) is 52.4 Å². The number of fused-ring (bicyclic) bond motifs is 1. The number of aliphatic imine (C=N–C) groups is 1. The molecule has 0 bridgehead atoms. The number of halogens is 1. The van der Waals surface area contributed by atoms with Crippen LogP contribution in [0.25, 0.3) is 0 Å². The number of benzene rings is 1. The molecule has 7 nitrogen and oxygen atoms in total. The highest BCUT2D eigenvalue weighted by Crippen LogP contribution is 2.46. The van der Waals surface area contributed by atoms with Gasteiger partial charge in [-0.2, -0.15) is 4.99 Å². The van der Waals surface area contributed by atoms with Crippen LogP contribution < -0.4 is 14.4 Å². The predicted octanol–water partition coefficient (Wildman–Crippen LogP) is 4.82. The molecule has 2 unspecified atom stereocenters. The monoisotopic (exact) mass is 558 g/mol. The molecule has 1 saturated carbocycles. The lowest BCUT2D eigenvalue weighted by atomic mass is 10.0. The van der Waals surface area contributed by atoms with Gasteiger partial charge in [-0.1, -0.05) is 37.4 Å². The van der Waals surface area contributed by atoms with Crippen LogP contribution in [-0.2, 0) is 14.6 Å². The van der Waals surface area contributed by atoms with E-state index in [0.29, 0.717) is 42.2 Å². The van der Waals surface area contributed by atoms with E-state index in [1.54, 1.807) is 0 Å². The van der Waals surface area contributed by atoms with E-state index in [0.717, 1.165) is 16.6 Å². The van der Waals surface area contributed by atoms with Crippen molar-refractivity contribution >= 4 is 54.3 Å². The molecule has 0 aromatic heterocycles. The second-order valence-electron chi connectivity index (χ2n) is 8.76. The van der Waals surface area contributed by atoms with E-state index in [4.69, 9.17) is 9.47 Å². The third kappa shape index (κ3) is 5.70. The number of ether oxygens (including phenoxy) is 2. The molecule has 1 aromatic rings. The molecule has 3 aliphatic rings. The molecule has 33 heavy (non-hydrogen) atoms. The standard InChI is InChI=1S/C23H31BrN2O5S2/c1-3-30-19-11-16(24)17(12-20(19)31-4-2)26-18-13-33(28,29)14-21(18)32-23(26)25-22(27)10-9-15-7-5-6-8-15/h11-12,15,18,21H,3-10,13-14H2,1-2H3. The molecule has 2 aliphatic heterocycles. The number of hydrogen-bond donors (Lipinski definition) is 0. The van der Waals surface area contributed by atoms with Crippen LogP contribution in [0.5, 0.6) is 11.5 Å². The van der Waals surface area contributed by atoms with Gasteiger partial charge < -0.3 is 14.4 Å². The van der Waals surface area contributed by atoms with Crippen LogP contribution in [0.15, 0.2) is 21.6 Å². The van der Waals surface area contributed by atoms with E-state index in [1.807, 2.05) is 30.9 Å². The van der Waals surface area contributed by atoms with E-state index in [1.165, 1.54) is 37.4 Å². The van der Waals surface area contributed by atoms with E-state index >= 15 is 0 Å². The lowest BCUT2D eigenvalue weighted by Crippen LogP contribution is -2.38. The van der Waals surface area contributed by atoms with Crippen molar-refractivity contribution in [2.45, 2.75) is 63.7 Å². The highest BCUT2D eigenvalue weighted by atomic mass is 79.9. The maximum Gasteiger partial charge on any atom is 0.248 e. The smallest absolute Gasteiger partial charge is 0.248 e. The number of anilines is 1. The summed E-state index contributed by atoms with van der Waals surface area (Å²) in [5, 5.41) is 0.425. The Hall–Kier alpha value is -1.26. The summed E-state index contributed by atoms with van der Waals surface area (Å²) in [6, 6.07) is 3.42. The van der Waals surface area contributed by atoms with Gasteiger partial charge in [0, 0.05) is 28.3 Å². The Morgan fingerprint density at radius 2 is 1.82 bits per heavy atom. The van der Waals surface area contributed by atoms with Gasteiger partial charge >= 0.3 is 0 Å². The van der Waals surface area contributed by atoms with E-state index in [2.05, 4.69) is 20.9 Å². The largest absolute Gasteiger partial charge is 0.490 e. The number of thioether (sulfide) groups is 1. The molecule has 1 aliphatic carbocycles. The molecule has 2 saturated heterocycles. The first-order chi connectivity index (χ1) is 15.8. The van der Waals surface area contributed by atoms with Gasteiger partial charge in [-0.05, 0) is 42.1 Å². The highest BCUT2D eigenvalue weighted by Gasteiger charge is 2.50. The Bertz CT molecular complexity index is 1020. The Balaban J connectivity index is 1.65. The average molecular weight is 560 g/mol. The van der Waals surface area contributed by atoms with Gasteiger partial charge in [-0.15, -0.1) is 0 Å². The maximum absolute atomic E-state index is 12.8. The number of carbonyl (C=O) groups is 1. The number of hydrogen-bond acceptors (Lipinski definition) is 6. The van der Waals surface area contributed by atoms with Crippen molar-refractivity contribution in [3.63, 3.8) is 0 Å². The third-order valence-electron chi connectivity index (χ3n) is 6.40. The van der Waals surface area contributed by atoms with Crippen molar-refractivity contribution in [2.24, 2.45) is 10.9 Å². The Kier molecular flexibility index (Phi) is 7.95. The molecule has 182 valence electrons. The third-order valence-corrected chi connectivity index (χ3v) is 10.2. The van der Waals surface area contributed by atoms with Gasteiger partial charge in [-0.25, -0.2) is 8.42 Å². The van der Waals surface area contributed by atoms with Crippen LogP contribution in [0.4, 0.5) is 5.69 Å². The number of amidine groups is 1. The molecule has 1 amide bonds. The summed E-state index contributed by atoms with van der Waals surface area (Å²) in [7, 11) is -3.14. The summed E-state index contributed by atoms with van der Waals surface area (Å²) in [6.45, 7) is 4.77. The highest BCUT2D eigenvalue weighted by molar-refractivity contribution is 9.10. The number of carbonyl (C=O) groups excluding carboxylic acids is 1. The van der Waals surface area contributed by atoms with Gasteiger partial charge in [0.05, 0.1) is 36.4 Å². The Morgan fingerprint density at radius 3 is 2.48 bits per heavy atom. The fourth-order valence-electron chi connectivity index (χ4n) is 4.88. The topological polar surface area (TPSA) is 85.3 Å². The van der Waals surface area contributed by atoms with Crippen molar-refractivity contribution in [3.05, 3.63) is 16.6 Å². The Labute approximate surface area is 208 Å². The summed E-state index contributed by atoms with van der Waals surface area (Å²) in [4.78, 5) is 19.2. The van der Waals surface area contributed by atoms with Crippen LogP contribution in [-0.4, -0.2) is 55.5 Å². The van der Waals surface area contributed by atoms with Crippen LogP contribution >= 0.6 is 27.7 Å². The minimum atomic E-state index is -3.14. The minimum Gasteiger partial charge on any atom is -0.490 e. The predicted molar refractivity (Wildman–Crippen MR) is 136 cm³/mol. The van der Waals surface area contributed by atoms with Crippen LogP contribution in [0, 0.1) is 5.92 Å². The molecule has 10 heteroatoms. The fourth-order valence-corrected chi connectivity index (χ4v) is 9.32. The van der Waals surface area contributed by atoms with Gasteiger partial charge in [0.25, 0.3) is 0 Å². The summed E-state index contributed by atoms with van der Waals surface area (Å²) < 4.78 is 37.0. The molecular weight excluding hydrogens is 528 g/mol.